The molecular weight excluding hydrogens is 226 g/mol. The van der Waals surface area contributed by atoms with E-state index >= 15 is 0 Å². The van der Waals surface area contributed by atoms with Gasteiger partial charge in [-0.05, 0) is 37.7 Å². The van der Waals surface area contributed by atoms with Crippen molar-refractivity contribution in [3.63, 3.8) is 0 Å². The van der Waals surface area contributed by atoms with Crippen LogP contribution in [0, 0.1) is 0 Å². The third-order valence-corrected chi connectivity index (χ3v) is 2.51. The Labute approximate surface area is 102 Å². The summed E-state index contributed by atoms with van der Waals surface area (Å²) in [6.07, 6.45) is 0.803. The molecule has 0 saturated carbocycles. The monoisotopic (exact) mass is 243 g/mol. The van der Waals surface area contributed by atoms with Crippen molar-refractivity contribution < 1.29 is 9.84 Å². The second kappa shape index (κ2) is 7.49. The molecule has 0 amide bonds. The Hall–Kier alpha value is -0.770. The van der Waals surface area contributed by atoms with Gasteiger partial charge in [-0.2, -0.15) is 0 Å². The molecule has 3 nitrogen and oxygen atoms in total. The maximum Gasteiger partial charge on any atom is 0.119 e. The van der Waals surface area contributed by atoms with E-state index in [0.717, 1.165) is 25.3 Å². The normalized spacial score (nSPS) is 10.8. The van der Waals surface area contributed by atoms with Gasteiger partial charge in [0.1, 0.15) is 12.4 Å². The average molecular weight is 244 g/mol. The summed E-state index contributed by atoms with van der Waals surface area (Å²) in [5, 5.41) is 9.39. The zero-order valence-electron chi connectivity index (χ0n) is 9.53. The van der Waals surface area contributed by atoms with E-state index in [1.54, 1.807) is 0 Å². The molecule has 16 heavy (non-hydrogen) atoms. The molecule has 1 aromatic carbocycles. The van der Waals surface area contributed by atoms with Crippen LogP contribution in [0.15, 0.2) is 24.3 Å². The van der Waals surface area contributed by atoms with Crippen molar-refractivity contribution in [2.24, 2.45) is 0 Å². The predicted molar refractivity (Wildman–Crippen MR) is 66.1 cm³/mol. The van der Waals surface area contributed by atoms with E-state index in [1.807, 2.05) is 31.3 Å². The zero-order chi connectivity index (χ0) is 11.8. The second-order valence-electron chi connectivity index (χ2n) is 3.68. The van der Waals surface area contributed by atoms with Crippen molar-refractivity contribution in [2.45, 2.75) is 6.42 Å². The van der Waals surface area contributed by atoms with E-state index in [4.69, 9.17) is 21.4 Å². The van der Waals surface area contributed by atoms with Gasteiger partial charge in [0.2, 0.25) is 0 Å². The number of likely N-dealkylation sites (N-methyl/N-ethyl adjacent to an activating group) is 1. The van der Waals surface area contributed by atoms with Crippen LogP contribution in [0.1, 0.15) is 6.42 Å². The Kier molecular flexibility index (Phi) is 6.23. The van der Waals surface area contributed by atoms with Crippen molar-refractivity contribution in [1.82, 2.24) is 4.90 Å². The van der Waals surface area contributed by atoms with Crippen LogP contribution in [0.3, 0.4) is 0 Å². The Balaban J connectivity index is 2.17. The lowest BCUT2D eigenvalue weighted by atomic mass is 10.3. The van der Waals surface area contributed by atoms with Crippen molar-refractivity contribution >= 4 is 11.6 Å². The summed E-state index contributed by atoms with van der Waals surface area (Å²) < 4.78 is 5.55. The van der Waals surface area contributed by atoms with E-state index in [9.17, 15) is 0 Å². The van der Waals surface area contributed by atoms with Gasteiger partial charge < -0.3 is 14.7 Å². The molecule has 0 heterocycles. The SMILES string of the molecule is CN(CCCO)CCOc1ccc(Cl)cc1. The molecule has 0 aromatic heterocycles. The summed E-state index contributed by atoms with van der Waals surface area (Å²) >= 11 is 5.77. The quantitative estimate of drug-likeness (QED) is 0.796. The fourth-order valence-corrected chi connectivity index (χ4v) is 1.43. The largest absolute Gasteiger partial charge is 0.492 e. The number of rotatable bonds is 7. The first kappa shape index (κ1) is 13.3. The highest BCUT2D eigenvalue weighted by Gasteiger charge is 1.98. The average Bonchev–Trinajstić information content (AvgIpc) is 2.29. The Morgan fingerprint density at radius 1 is 1.25 bits per heavy atom. The van der Waals surface area contributed by atoms with Crippen LogP contribution in [-0.4, -0.2) is 43.4 Å². The van der Waals surface area contributed by atoms with Crippen molar-refractivity contribution in [2.75, 3.05) is 33.4 Å². The molecule has 0 atom stereocenters. The first-order chi connectivity index (χ1) is 7.72. The van der Waals surface area contributed by atoms with Gasteiger partial charge in [0.15, 0.2) is 0 Å². The highest BCUT2D eigenvalue weighted by atomic mass is 35.5. The van der Waals surface area contributed by atoms with Gasteiger partial charge in [0.25, 0.3) is 0 Å². The topological polar surface area (TPSA) is 32.7 Å². The molecule has 0 aliphatic heterocycles. The maximum atomic E-state index is 8.67. The second-order valence-corrected chi connectivity index (χ2v) is 4.12. The summed E-state index contributed by atoms with van der Waals surface area (Å²) in [6.45, 7) is 2.62. The number of hydrogen-bond donors (Lipinski definition) is 1. The minimum absolute atomic E-state index is 0.238. The highest BCUT2D eigenvalue weighted by molar-refractivity contribution is 6.30. The Morgan fingerprint density at radius 3 is 2.56 bits per heavy atom. The molecule has 1 N–H and O–H groups in total. The summed E-state index contributed by atoms with van der Waals surface area (Å²) in [6, 6.07) is 7.34. The van der Waals surface area contributed by atoms with E-state index in [-0.39, 0.29) is 6.61 Å². The molecule has 0 bridgehead atoms. The van der Waals surface area contributed by atoms with Crippen LogP contribution in [0.2, 0.25) is 5.02 Å². The van der Waals surface area contributed by atoms with Gasteiger partial charge in [-0.3, -0.25) is 0 Å². The lowest BCUT2D eigenvalue weighted by molar-refractivity contribution is 0.213. The lowest BCUT2D eigenvalue weighted by Gasteiger charge is -2.16. The minimum Gasteiger partial charge on any atom is -0.492 e. The fraction of sp³-hybridized carbons (Fsp3) is 0.500. The highest BCUT2D eigenvalue weighted by Crippen LogP contribution is 2.15. The molecule has 0 saturated heterocycles. The van der Waals surface area contributed by atoms with Crippen LogP contribution in [0.4, 0.5) is 0 Å². The van der Waals surface area contributed by atoms with Gasteiger partial charge >= 0.3 is 0 Å². The van der Waals surface area contributed by atoms with Gasteiger partial charge in [-0.1, -0.05) is 11.6 Å². The van der Waals surface area contributed by atoms with E-state index in [0.29, 0.717) is 11.6 Å². The number of hydrogen-bond acceptors (Lipinski definition) is 3. The van der Waals surface area contributed by atoms with Crippen molar-refractivity contribution in [3.8, 4) is 5.75 Å². The van der Waals surface area contributed by atoms with Crippen LogP contribution in [0.5, 0.6) is 5.75 Å². The van der Waals surface area contributed by atoms with E-state index < -0.39 is 0 Å². The number of halogens is 1. The summed E-state index contributed by atoms with van der Waals surface area (Å²) in [5.41, 5.74) is 0. The summed E-state index contributed by atoms with van der Waals surface area (Å²) in [4.78, 5) is 2.13. The third kappa shape index (κ3) is 5.35. The van der Waals surface area contributed by atoms with Crippen molar-refractivity contribution in [1.29, 1.82) is 0 Å². The number of aliphatic hydroxyl groups is 1. The van der Waals surface area contributed by atoms with Crippen LogP contribution in [-0.2, 0) is 0 Å². The molecule has 0 fully saturated rings. The number of aliphatic hydroxyl groups excluding tert-OH is 1. The molecule has 1 rings (SSSR count). The number of ether oxygens (including phenoxy) is 1. The molecule has 90 valence electrons. The standard InChI is InChI=1S/C12H18ClNO2/c1-14(7-2-9-15)8-10-16-12-5-3-11(13)4-6-12/h3-6,15H,2,7-10H2,1H3. The number of nitrogens with zero attached hydrogens (tertiary/aromatic N) is 1. The Bertz CT molecular complexity index is 290. The Morgan fingerprint density at radius 2 is 1.94 bits per heavy atom. The molecule has 1 aromatic rings. The molecule has 4 heteroatoms. The summed E-state index contributed by atoms with van der Waals surface area (Å²) in [5.74, 6) is 0.833. The van der Waals surface area contributed by atoms with Crippen LogP contribution < -0.4 is 4.74 Å². The zero-order valence-corrected chi connectivity index (χ0v) is 10.3. The number of benzene rings is 1. The fourth-order valence-electron chi connectivity index (χ4n) is 1.30. The molecule has 0 aliphatic carbocycles. The third-order valence-electron chi connectivity index (χ3n) is 2.25. The van der Waals surface area contributed by atoms with Crippen LogP contribution >= 0.6 is 11.6 Å². The first-order valence-electron chi connectivity index (χ1n) is 5.40. The minimum atomic E-state index is 0.238. The first-order valence-corrected chi connectivity index (χ1v) is 5.78. The summed E-state index contributed by atoms with van der Waals surface area (Å²) in [7, 11) is 2.01. The van der Waals surface area contributed by atoms with Crippen molar-refractivity contribution in [3.05, 3.63) is 29.3 Å². The van der Waals surface area contributed by atoms with Gasteiger partial charge in [-0.25, -0.2) is 0 Å². The molecule has 0 unspecified atom stereocenters. The van der Waals surface area contributed by atoms with Gasteiger partial charge in [0, 0.05) is 24.7 Å². The van der Waals surface area contributed by atoms with Gasteiger partial charge in [-0.15, -0.1) is 0 Å². The predicted octanol–water partition coefficient (Wildman–Crippen LogP) is 2.03. The molecular formula is C12H18ClNO2. The molecule has 0 radical (unpaired) electrons. The smallest absolute Gasteiger partial charge is 0.119 e. The lowest BCUT2D eigenvalue weighted by Crippen LogP contribution is -2.25. The maximum absolute atomic E-state index is 8.67. The molecule has 0 aliphatic rings. The van der Waals surface area contributed by atoms with E-state index in [2.05, 4.69) is 4.90 Å². The van der Waals surface area contributed by atoms with Crippen LogP contribution in [0.25, 0.3) is 0 Å². The van der Waals surface area contributed by atoms with Gasteiger partial charge in [0.05, 0.1) is 0 Å². The van der Waals surface area contributed by atoms with E-state index in [1.165, 1.54) is 0 Å². The molecule has 0 spiro atoms.